The van der Waals surface area contributed by atoms with Gasteiger partial charge in [0.15, 0.2) is 0 Å². The first-order valence-electron chi connectivity index (χ1n) is 5.04. The summed E-state index contributed by atoms with van der Waals surface area (Å²) in [6.07, 6.45) is 1.28. The summed E-state index contributed by atoms with van der Waals surface area (Å²) < 4.78 is 4.97. The highest BCUT2D eigenvalue weighted by molar-refractivity contribution is 6.32. The standard InChI is InChI=1S/C12H10ClN3O3/c1-19-10-3-2-7(5-9(10)13)4-8(6-14)11(17)16-12(15)18/h2-5H,1H3,(H3,15,16,17,18)/b8-4-. The van der Waals surface area contributed by atoms with Gasteiger partial charge in [0, 0.05) is 0 Å². The van der Waals surface area contributed by atoms with Crippen LogP contribution in [0, 0.1) is 11.3 Å². The van der Waals surface area contributed by atoms with Crippen LogP contribution < -0.4 is 15.8 Å². The molecule has 98 valence electrons. The molecule has 1 rings (SSSR count). The number of hydrogen-bond acceptors (Lipinski definition) is 4. The Bertz CT molecular complexity index is 590. The van der Waals surface area contributed by atoms with Crippen LogP contribution in [0.1, 0.15) is 5.56 Å². The number of carbonyl (C=O) groups excluding carboxylic acids is 2. The second-order valence-corrected chi connectivity index (χ2v) is 3.79. The van der Waals surface area contributed by atoms with E-state index in [1.807, 2.05) is 0 Å². The number of benzene rings is 1. The van der Waals surface area contributed by atoms with Gasteiger partial charge in [-0.25, -0.2) is 4.79 Å². The Labute approximate surface area is 114 Å². The summed E-state index contributed by atoms with van der Waals surface area (Å²) in [4.78, 5) is 22.0. The molecule has 0 unspecified atom stereocenters. The van der Waals surface area contributed by atoms with Gasteiger partial charge in [0.25, 0.3) is 5.91 Å². The van der Waals surface area contributed by atoms with Crippen LogP contribution in [0.2, 0.25) is 5.02 Å². The van der Waals surface area contributed by atoms with Gasteiger partial charge in [0.2, 0.25) is 0 Å². The minimum absolute atomic E-state index is 0.264. The molecule has 7 heteroatoms. The van der Waals surface area contributed by atoms with Crippen molar-refractivity contribution in [3.63, 3.8) is 0 Å². The third-order valence-corrected chi connectivity index (χ3v) is 2.38. The van der Waals surface area contributed by atoms with Gasteiger partial charge >= 0.3 is 6.03 Å². The van der Waals surface area contributed by atoms with Crippen LogP contribution in [0.15, 0.2) is 23.8 Å². The van der Waals surface area contributed by atoms with Crippen molar-refractivity contribution in [3.8, 4) is 11.8 Å². The zero-order chi connectivity index (χ0) is 14.4. The van der Waals surface area contributed by atoms with Gasteiger partial charge in [0.1, 0.15) is 17.4 Å². The van der Waals surface area contributed by atoms with Crippen molar-refractivity contribution in [3.05, 3.63) is 34.4 Å². The Kier molecular flexibility index (Phi) is 4.92. The van der Waals surface area contributed by atoms with Crippen LogP contribution in [0.4, 0.5) is 4.79 Å². The van der Waals surface area contributed by atoms with Crippen LogP contribution in [-0.4, -0.2) is 19.0 Å². The lowest BCUT2D eigenvalue weighted by Gasteiger charge is -2.04. The number of nitrogens with zero attached hydrogens (tertiary/aromatic N) is 1. The number of carbonyl (C=O) groups is 2. The molecule has 0 fully saturated rings. The van der Waals surface area contributed by atoms with Gasteiger partial charge in [-0.05, 0) is 23.8 Å². The molecular weight excluding hydrogens is 270 g/mol. The lowest BCUT2D eigenvalue weighted by molar-refractivity contribution is -0.115. The molecule has 0 saturated heterocycles. The first kappa shape index (κ1) is 14.5. The van der Waals surface area contributed by atoms with Gasteiger partial charge in [0.05, 0.1) is 12.1 Å². The number of urea groups is 1. The van der Waals surface area contributed by atoms with Crippen molar-refractivity contribution in [2.24, 2.45) is 5.73 Å². The van der Waals surface area contributed by atoms with Crippen LogP contribution in [-0.2, 0) is 4.79 Å². The van der Waals surface area contributed by atoms with E-state index in [9.17, 15) is 9.59 Å². The second-order valence-electron chi connectivity index (χ2n) is 3.38. The van der Waals surface area contributed by atoms with Crippen molar-refractivity contribution in [1.29, 1.82) is 5.26 Å². The highest BCUT2D eigenvalue weighted by atomic mass is 35.5. The SMILES string of the molecule is COc1ccc(/C=C(/C#N)C(=O)NC(N)=O)cc1Cl. The maximum absolute atomic E-state index is 11.4. The summed E-state index contributed by atoms with van der Waals surface area (Å²) in [5.74, 6) is -0.402. The maximum atomic E-state index is 11.4. The first-order chi connectivity index (χ1) is 8.97. The number of amides is 3. The maximum Gasteiger partial charge on any atom is 0.319 e. The number of imide groups is 1. The van der Waals surface area contributed by atoms with E-state index < -0.39 is 11.9 Å². The average molecular weight is 280 g/mol. The molecule has 0 atom stereocenters. The Hall–Kier alpha value is -2.52. The molecule has 0 bridgehead atoms. The number of halogens is 1. The van der Waals surface area contributed by atoms with Gasteiger partial charge in [-0.2, -0.15) is 5.26 Å². The van der Waals surface area contributed by atoms with Crippen molar-refractivity contribution in [2.75, 3.05) is 7.11 Å². The fraction of sp³-hybridized carbons (Fsp3) is 0.0833. The molecule has 3 amide bonds. The van der Waals surface area contributed by atoms with Crippen LogP contribution in [0.5, 0.6) is 5.75 Å². The summed E-state index contributed by atoms with van der Waals surface area (Å²) in [5.41, 5.74) is 5.05. The highest BCUT2D eigenvalue weighted by Crippen LogP contribution is 2.25. The zero-order valence-electron chi connectivity index (χ0n) is 9.94. The van der Waals surface area contributed by atoms with Gasteiger partial charge < -0.3 is 10.5 Å². The molecule has 1 aromatic carbocycles. The van der Waals surface area contributed by atoms with E-state index in [4.69, 9.17) is 27.3 Å². The topological polar surface area (TPSA) is 105 Å². The quantitative estimate of drug-likeness (QED) is 0.645. The number of nitrogens with two attached hydrogens (primary N) is 1. The van der Waals surface area contributed by atoms with Gasteiger partial charge in [-0.3, -0.25) is 10.1 Å². The number of methoxy groups -OCH3 is 1. The smallest absolute Gasteiger partial charge is 0.319 e. The summed E-state index contributed by atoms with van der Waals surface area (Å²) in [7, 11) is 1.47. The van der Waals surface area contributed by atoms with Gasteiger partial charge in [-0.1, -0.05) is 17.7 Å². The summed E-state index contributed by atoms with van der Waals surface area (Å²) in [6.45, 7) is 0. The van der Waals surface area contributed by atoms with E-state index in [-0.39, 0.29) is 5.57 Å². The molecule has 19 heavy (non-hydrogen) atoms. The lowest BCUT2D eigenvalue weighted by atomic mass is 10.1. The molecule has 0 heterocycles. The van der Waals surface area contributed by atoms with E-state index in [1.54, 1.807) is 23.5 Å². The molecule has 0 spiro atoms. The minimum atomic E-state index is -1.03. The molecule has 0 aliphatic carbocycles. The van der Waals surface area contributed by atoms with Crippen molar-refractivity contribution >= 4 is 29.6 Å². The van der Waals surface area contributed by atoms with E-state index >= 15 is 0 Å². The monoisotopic (exact) mass is 279 g/mol. The third kappa shape index (κ3) is 4.01. The van der Waals surface area contributed by atoms with Crippen molar-refractivity contribution in [1.82, 2.24) is 5.32 Å². The number of ether oxygens (including phenoxy) is 1. The molecule has 0 aliphatic rings. The first-order valence-corrected chi connectivity index (χ1v) is 5.42. The van der Waals surface area contributed by atoms with Gasteiger partial charge in [-0.15, -0.1) is 0 Å². The van der Waals surface area contributed by atoms with E-state index in [0.29, 0.717) is 16.3 Å². The Balaban J connectivity index is 3.05. The number of hydrogen-bond donors (Lipinski definition) is 2. The largest absolute Gasteiger partial charge is 0.495 e. The van der Waals surface area contributed by atoms with Crippen molar-refractivity contribution in [2.45, 2.75) is 0 Å². The molecule has 6 nitrogen and oxygen atoms in total. The van der Waals surface area contributed by atoms with Crippen LogP contribution in [0.25, 0.3) is 6.08 Å². The predicted molar refractivity (Wildman–Crippen MR) is 69.3 cm³/mol. The fourth-order valence-corrected chi connectivity index (χ4v) is 1.53. The lowest BCUT2D eigenvalue weighted by Crippen LogP contribution is -2.35. The second kappa shape index (κ2) is 6.42. The molecule has 3 N–H and O–H groups in total. The highest BCUT2D eigenvalue weighted by Gasteiger charge is 2.11. The predicted octanol–water partition coefficient (Wildman–Crippen LogP) is 1.45. The Morgan fingerprint density at radius 1 is 1.53 bits per heavy atom. The Morgan fingerprint density at radius 3 is 2.68 bits per heavy atom. The molecule has 0 radical (unpaired) electrons. The normalized spacial score (nSPS) is 10.5. The summed E-state index contributed by atoms with van der Waals surface area (Å²) in [6, 6.07) is 5.37. The number of rotatable bonds is 3. The fourth-order valence-electron chi connectivity index (χ4n) is 1.27. The van der Waals surface area contributed by atoms with Crippen molar-refractivity contribution < 1.29 is 14.3 Å². The Morgan fingerprint density at radius 2 is 2.21 bits per heavy atom. The minimum Gasteiger partial charge on any atom is -0.495 e. The average Bonchev–Trinajstić information content (AvgIpc) is 2.35. The zero-order valence-corrected chi connectivity index (χ0v) is 10.7. The molecule has 0 aromatic heterocycles. The molecular formula is C12H10ClN3O3. The number of nitriles is 1. The number of primary amides is 1. The molecule has 0 saturated carbocycles. The van der Waals surface area contributed by atoms with Crippen LogP contribution >= 0.6 is 11.6 Å². The molecule has 1 aromatic rings. The van der Waals surface area contributed by atoms with E-state index in [2.05, 4.69) is 0 Å². The summed E-state index contributed by atoms with van der Waals surface area (Å²) >= 11 is 5.91. The molecule has 0 aliphatic heterocycles. The van der Waals surface area contributed by atoms with E-state index in [0.717, 1.165) is 0 Å². The van der Waals surface area contributed by atoms with Crippen LogP contribution in [0.3, 0.4) is 0 Å². The third-order valence-electron chi connectivity index (χ3n) is 2.09. The number of nitrogens with one attached hydrogen (secondary N) is 1. The summed E-state index contributed by atoms with van der Waals surface area (Å²) in [5, 5.41) is 11.0. The van der Waals surface area contributed by atoms with E-state index in [1.165, 1.54) is 19.3 Å².